The van der Waals surface area contributed by atoms with Gasteiger partial charge < -0.3 is 10.5 Å². The Labute approximate surface area is 132 Å². The molecule has 120 valence electrons. The van der Waals surface area contributed by atoms with Crippen molar-refractivity contribution in [3.8, 4) is 5.75 Å². The number of hydrogen-bond donors (Lipinski definition) is 1. The second kappa shape index (κ2) is 7.45. The number of aryl methyl sites for hydroxylation is 1. The summed E-state index contributed by atoms with van der Waals surface area (Å²) in [5, 5.41) is 0. The highest BCUT2D eigenvalue weighted by Crippen LogP contribution is 2.31. The lowest BCUT2D eigenvalue weighted by Crippen LogP contribution is -2.47. The van der Waals surface area contributed by atoms with Crippen LogP contribution in [0.2, 0.25) is 0 Å². The van der Waals surface area contributed by atoms with Gasteiger partial charge in [-0.2, -0.15) is 4.31 Å². The van der Waals surface area contributed by atoms with E-state index in [2.05, 4.69) is 0 Å². The van der Waals surface area contributed by atoms with E-state index in [-0.39, 0.29) is 23.3 Å². The summed E-state index contributed by atoms with van der Waals surface area (Å²) < 4.78 is 32.5. The fraction of sp³-hybridized carbons (Fsp3) is 0.571. The Balaban J connectivity index is 0.00000220. The van der Waals surface area contributed by atoms with Crippen LogP contribution in [0.25, 0.3) is 0 Å². The molecule has 1 aliphatic rings. The van der Waals surface area contributed by atoms with E-state index < -0.39 is 10.0 Å². The zero-order chi connectivity index (χ0) is 14.8. The highest BCUT2D eigenvalue weighted by atomic mass is 35.5. The molecule has 2 N–H and O–H groups in total. The van der Waals surface area contributed by atoms with Gasteiger partial charge in [-0.25, -0.2) is 8.42 Å². The van der Waals surface area contributed by atoms with Crippen LogP contribution in [0.5, 0.6) is 5.75 Å². The molecule has 1 atom stereocenters. The largest absolute Gasteiger partial charge is 0.495 e. The first-order valence-corrected chi connectivity index (χ1v) is 8.31. The number of hydrogen-bond acceptors (Lipinski definition) is 4. The molecule has 1 aromatic carbocycles. The highest BCUT2D eigenvalue weighted by Gasteiger charge is 2.34. The first kappa shape index (κ1) is 18.2. The zero-order valence-electron chi connectivity index (χ0n) is 12.4. The normalized spacial score (nSPS) is 19.9. The number of piperidine rings is 1. The molecule has 1 saturated heterocycles. The average Bonchev–Trinajstić information content (AvgIpc) is 2.47. The topological polar surface area (TPSA) is 72.6 Å². The third-order valence-electron chi connectivity index (χ3n) is 3.75. The summed E-state index contributed by atoms with van der Waals surface area (Å²) in [4.78, 5) is 0.236. The molecule has 1 heterocycles. The van der Waals surface area contributed by atoms with Crippen LogP contribution in [0.15, 0.2) is 23.1 Å². The standard InChI is InChI=1S/C14H22N2O3S.ClH/c1-11-6-7-13(19-2)14(9-11)20(17,18)16-8-4-3-5-12(16)10-15;/h6-7,9,12H,3-5,8,10,15H2,1-2H3;1H. The van der Waals surface area contributed by atoms with Crippen molar-refractivity contribution >= 4 is 22.4 Å². The Morgan fingerprint density at radius 2 is 2.10 bits per heavy atom. The summed E-state index contributed by atoms with van der Waals surface area (Å²) in [7, 11) is -2.07. The number of rotatable bonds is 4. The van der Waals surface area contributed by atoms with Crippen molar-refractivity contribution in [2.45, 2.75) is 37.1 Å². The zero-order valence-corrected chi connectivity index (χ0v) is 14.0. The molecule has 1 aromatic rings. The van der Waals surface area contributed by atoms with Crippen molar-refractivity contribution in [1.82, 2.24) is 4.31 Å². The number of sulfonamides is 1. The van der Waals surface area contributed by atoms with Crippen LogP contribution in [0.3, 0.4) is 0 Å². The molecule has 0 bridgehead atoms. The summed E-state index contributed by atoms with van der Waals surface area (Å²) >= 11 is 0. The molecule has 0 radical (unpaired) electrons. The van der Waals surface area contributed by atoms with Crippen molar-refractivity contribution in [3.05, 3.63) is 23.8 Å². The van der Waals surface area contributed by atoms with Crippen LogP contribution in [0.4, 0.5) is 0 Å². The van der Waals surface area contributed by atoms with E-state index in [0.29, 0.717) is 18.8 Å². The molecule has 1 aliphatic heterocycles. The SMILES string of the molecule is COc1ccc(C)cc1S(=O)(=O)N1CCCCC1CN.Cl. The summed E-state index contributed by atoms with van der Waals surface area (Å²) in [5.74, 6) is 0.386. The predicted molar refractivity (Wildman–Crippen MR) is 85.6 cm³/mol. The number of ether oxygens (including phenoxy) is 1. The van der Waals surface area contributed by atoms with Crippen LogP contribution in [-0.4, -0.2) is 39.0 Å². The van der Waals surface area contributed by atoms with Crippen LogP contribution >= 0.6 is 12.4 Å². The van der Waals surface area contributed by atoms with Crippen molar-refractivity contribution in [2.75, 3.05) is 20.2 Å². The fourth-order valence-corrected chi connectivity index (χ4v) is 4.58. The molecule has 21 heavy (non-hydrogen) atoms. The van der Waals surface area contributed by atoms with E-state index in [1.54, 1.807) is 12.1 Å². The van der Waals surface area contributed by atoms with Crippen LogP contribution in [0.1, 0.15) is 24.8 Å². The molecule has 5 nitrogen and oxygen atoms in total. The van der Waals surface area contributed by atoms with E-state index >= 15 is 0 Å². The van der Waals surface area contributed by atoms with E-state index in [1.807, 2.05) is 13.0 Å². The van der Waals surface area contributed by atoms with E-state index in [4.69, 9.17) is 10.5 Å². The Kier molecular flexibility index (Phi) is 6.46. The van der Waals surface area contributed by atoms with Gasteiger partial charge in [-0.15, -0.1) is 12.4 Å². The smallest absolute Gasteiger partial charge is 0.247 e. The molecular weight excluding hydrogens is 312 g/mol. The van der Waals surface area contributed by atoms with Crippen LogP contribution in [0, 0.1) is 6.92 Å². The Morgan fingerprint density at radius 1 is 1.38 bits per heavy atom. The van der Waals surface area contributed by atoms with Crippen LogP contribution < -0.4 is 10.5 Å². The van der Waals surface area contributed by atoms with Gasteiger partial charge in [0.05, 0.1) is 7.11 Å². The first-order chi connectivity index (χ1) is 9.50. The summed E-state index contributed by atoms with van der Waals surface area (Å²) in [6, 6.07) is 5.09. The van der Waals surface area contributed by atoms with E-state index in [9.17, 15) is 8.42 Å². The molecule has 0 spiro atoms. The average molecular weight is 335 g/mol. The predicted octanol–water partition coefficient (Wildman–Crippen LogP) is 1.93. The molecule has 0 aliphatic carbocycles. The Morgan fingerprint density at radius 3 is 2.71 bits per heavy atom. The molecule has 0 amide bonds. The third kappa shape index (κ3) is 3.69. The maximum atomic E-state index is 12.9. The molecule has 2 rings (SSSR count). The number of halogens is 1. The maximum Gasteiger partial charge on any atom is 0.247 e. The van der Waals surface area contributed by atoms with E-state index in [1.165, 1.54) is 11.4 Å². The first-order valence-electron chi connectivity index (χ1n) is 6.87. The van der Waals surface area contributed by atoms with Crippen molar-refractivity contribution in [3.63, 3.8) is 0 Å². The number of nitrogens with zero attached hydrogens (tertiary/aromatic N) is 1. The third-order valence-corrected chi connectivity index (χ3v) is 5.72. The van der Waals surface area contributed by atoms with Gasteiger partial charge in [0.2, 0.25) is 10.0 Å². The Hall–Kier alpha value is -0.820. The maximum absolute atomic E-state index is 12.9. The van der Waals surface area contributed by atoms with Crippen molar-refractivity contribution < 1.29 is 13.2 Å². The van der Waals surface area contributed by atoms with Gasteiger partial charge in [0.25, 0.3) is 0 Å². The lowest BCUT2D eigenvalue weighted by atomic mass is 10.1. The molecule has 7 heteroatoms. The van der Waals surface area contributed by atoms with Crippen molar-refractivity contribution in [2.24, 2.45) is 5.73 Å². The highest BCUT2D eigenvalue weighted by molar-refractivity contribution is 7.89. The van der Waals surface area contributed by atoms with Gasteiger partial charge in [-0.1, -0.05) is 12.5 Å². The molecule has 1 unspecified atom stereocenters. The molecular formula is C14H23ClN2O3S. The van der Waals surface area contributed by atoms with Gasteiger partial charge in [0.15, 0.2) is 0 Å². The summed E-state index contributed by atoms with van der Waals surface area (Å²) in [5.41, 5.74) is 6.63. The monoisotopic (exact) mass is 334 g/mol. The number of methoxy groups -OCH3 is 1. The summed E-state index contributed by atoms with van der Waals surface area (Å²) in [6.45, 7) is 2.75. The minimum Gasteiger partial charge on any atom is -0.495 e. The second-order valence-corrected chi connectivity index (χ2v) is 7.01. The molecule has 1 fully saturated rings. The minimum atomic E-state index is -3.56. The molecule has 0 aromatic heterocycles. The van der Waals surface area contributed by atoms with Gasteiger partial charge in [0, 0.05) is 19.1 Å². The quantitative estimate of drug-likeness (QED) is 0.913. The van der Waals surface area contributed by atoms with Crippen LogP contribution in [-0.2, 0) is 10.0 Å². The van der Waals surface area contributed by atoms with Gasteiger partial charge in [0.1, 0.15) is 10.6 Å². The summed E-state index contributed by atoms with van der Waals surface area (Å²) in [6.07, 6.45) is 2.73. The number of benzene rings is 1. The second-order valence-electron chi connectivity index (χ2n) is 5.16. The van der Waals surface area contributed by atoms with Crippen molar-refractivity contribution in [1.29, 1.82) is 0 Å². The van der Waals surface area contributed by atoms with E-state index in [0.717, 1.165) is 24.8 Å². The molecule has 0 saturated carbocycles. The lowest BCUT2D eigenvalue weighted by molar-refractivity contribution is 0.256. The lowest BCUT2D eigenvalue weighted by Gasteiger charge is -2.34. The minimum absolute atomic E-state index is 0. The van der Waals surface area contributed by atoms with Gasteiger partial charge in [-0.3, -0.25) is 0 Å². The fourth-order valence-electron chi connectivity index (χ4n) is 2.64. The van der Waals surface area contributed by atoms with Gasteiger partial charge in [-0.05, 0) is 37.5 Å². The van der Waals surface area contributed by atoms with Gasteiger partial charge >= 0.3 is 0 Å². The number of nitrogens with two attached hydrogens (primary N) is 1. The Bertz CT molecular complexity index is 578.